The van der Waals surface area contributed by atoms with Gasteiger partial charge in [0.25, 0.3) is 5.69 Å². The molecular weight excluding hydrogens is 270 g/mol. The first-order valence-corrected chi connectivity index (χ1v) is 5.42. The molecule has 0 fully saturated rings. The van der Waals surface area contributed by atoms with Crippen LogP contribution in [0.25, 0.3) is 0 Å². The van der Waals surface area contributed by atoms with Gasteiger partial charge in [-0.3, -0.25) is 20.2 Å². The number of nitrogens with one attached hydrogen (secondary N) is 1. The van der Waals surface area contributed by atoms with E-state index in [1.165, 1.54) is 24.3 Å². The Labute approximate surface area is 111 Å². The lowest BCUT2D eigenvalue weighted by Crippen LogP contribution is -2.01. The molecule has 2 rings (SSSR count). The number of aromatic hydroxyl groups is 1. The molecule has 104 valence electrons. The fourth-order valence-corrected chi connectivity index (χ4v) is 1.56. The van der Waals surface area contributed by atoms with Crippen LogP contribution in [0.5, 0.6) is 5.75 Å². The molecule has 0 spiro atoms. The number of nitro benzene ring substituents is 1. The van der Waals surface area contributed by atoms with Crippen molar-refractivity contribution in [1.82, 2.24) is 0 Å². The number of phenols is 1. The summed E-state index contributed by atoms with van der Waals surface area (Å²) in [6, 6.07) is 6.23. The number of anilines is 1. The molecule has 0 atom stereocenters. The van der Waals surface area contributed by atoms with E-state index < -0.39 is 15.7 Å². The molecule has 1 aromatic carbocycles. The molecule has 0 radical (unpaired) electrons. The zero-order chi connectivity index (χ0) is 14.7. The van der Waals surface area contributed by atoms with Crippen LogP contribution in [-0.4, -0.2) is 15.0 Å². The van der Waals surface area contributed by atoms with Crippen LogP contribution in [0.2, 0.25) is 0 Å². The summed E-state index contributed by atoms with van der Waals surface area (Å²) in [6.07, 6.45) is 0. The molecule has 0 unspecified atom stereocenters. The monoisotopic (exact) mass is 279 g/mol. The molecule has 2 N–H and O–H groups in total. The van der Waals surface area contributed by atoms with Crippen LogP contribution in [-0.2, 0) is 6.54 Å². The van der Waals surface area contributed by atoms with E-state index in [2.05, 4.69) is 5.32 Å². The van der Waals surface area contributed by atoms with Crippen LogP contribution in [0.15, 0.2) is 34.7 Å². The number of benzene rings is 1. The molecule has 0 bridgehead atoms. The van der Waals surface area contributed by atoms with Gasteiger partial charge in [-0.1, -0.05) is 0 Å². The van der Waals surface area contributed by atoms with Crippen LogP contribution in [0.1, 0.15) is 5.76 Å². The fourth-order valence-electron chi connectivity index (χ4n) is 1.56. The van der Waals surface area contributed by atoms with Crippen molar-refractivity contribution in [2.75, 3.05) is 5.32 Å². The second-order valence-corrected chi connectivity index (χ2v) is 3.81. The topological polar surface area (TPSA) is 132 Å². The summed E-state index contributed by atoms with van der Waals surface area (Å²) in [6.45, 7) is 0.0411. The van der Waals surface area contributed by atoms with Gasteiger partial charge in [0.05, 0.1) is 23.6 Å². The Morgan fingerprint density at radius 1 is 1.15 bits per heavy atom. The summed E-state index contributed by atoms with van der Waals surface area (Å²) in [4.78, 5) is 19.9. The van der Waals surface area contributed by atoms with E-state index in [1.807, 2.05) is 0 Å². The van der Waals surface area contributed by atoms with E-state index in [0.717, 1.165) is 6.07 Å². The van der Waals surface area contributed by atoms with Gasteiger partial charge >= 0.3 is 5.88 Å². The second-order valence-electron chi connectivity index (χ2n) is 3.81. The predicted molar refractivity (Wildman–Crippen MR) is 67.5 cm³/mol. The van der Waals surface area contributed by atoms with Crippen molar-refractivity contribution in [2.24, 2.45) is 0 Å². The molecular formula is C11H9N3O6. The number of rotatable bonds is 5. The Balaban J connectivity index is 2.14. The molecule has 0 aliphatic carbocycles. The molecule has 1 heterocycles. The van der Waals surface area contributed by atoms with Crippen molar-refractivity contribution in [3.05, 3.63) is 56.3 Å². The molecule has 1 aromatic heterocycles. The van der Waals surface area contributed by atoms with Crippen molar-refractivity contribution in [2.45, 2.75) is 6.54 Å². The quantitative estimate of drug-likeness (QED) is 0.487. The van der Waals surface area contributed by atoms with Crippen LogP contribution < -0.4 is 5.32 Å². The molecule has 20 heavy (non-hydrogen) atoms. The highest BCUT2D eigenvalue weighted by Crippen LogP contribution is 2.29. The number of phenolic OH excluding ortho intramolecular Hbond substituents is 1. The standard InChI is InChI=1S/C11H9N3O6/c15-7-1-3-9(10(5-7)13(16)17)12-6-8-2-4-11(20-8)14(18)19/h1-5,12,15H,6H2. The lowest BCUT2D eigenvalue weighted by Gasteiger charge is -2.05. The Morgan fingerprint density at radius 2 is 1.90 bits per heavy atom. The van der Waals surface area contributed by atoms with Crippen LogP contribution >= 0.6 is 0 Å². The first kappa shape index (κ1) is 13.3. The van der Waals surface area contributed by atoms with E-state index in [0.29, 0.717) is 0 Å². The van der Waals surface area contributed by atoms with E-state index in [-0.39, 0.29) is 29.4 Å². The highest BCUT2D eigenvalue weighted by atomic mass is 16.6. The number of hydrogen-bond acceptors (Lipinski definition) is 7. The minimum absolute atomic E-state index is 0.0411. The van der Waals surface area contributed by atoms with E-state index in [9.17, 15) is 25.3 Å². The van der Waals surface area contributed by atoms with Gasteiger partial charge in [-0.05, 0) is 18.2 Å². The molecule has 0 aliphatic rings. The molecule has 0 saturated heterocycles. The zero-order valence-electron chi connectivity index (χ0n) is 9.98. The lowest BCUT2D eigenvalue weighted by molar-refractivity contribution is -0.402. The number of nitro groups is 2. The third kappa shape index (κ3) is 2.83. The second kappa shape index (κ2) is 5.26. The Hall–Kier alpha value is -3.10. The van der Waals surface area contributed by atoms with Gasteiger partial charge in [0.2, 0.25) is 0 Å². The number of furan rings is 1. The highest BCUT2D eigenvalue weighted by Gasteiger charge is 2.16. The summed E-state index contributed by atoms with van der Waals surface area (Å²) in [5.74, 6) is -0.364. The van der Waals surface area contributed by atoms with Gasteiger partial charge in [0.15, 0.2) is 0 Å². The van der Waals surface area contributed by atoms with Gasteiger partial charge in [-0.15, -0.1) is 0 Å². The highest BCUT2D eigenvalue weighted by molar-refractivity contribution is 5.63. The van der Waals surface area contributed by atoms with Crippen molar-refractivity contribution in [3.8, 4) is 5.75 Å². The molecule has 0 aliphatic heterocycles. The van der Waals surface area contributed by atoms with Crippen LogP contribution in [0.4, 0.5) is 17.3 Å². The summed E-state index contributed by atoms with van der Waals surface area (Å²) < 4.78 is 4.91. The maximum Gasteiger partial charge on any atom is 0.433 e. The molecule has 0 saturated carbocycles. The van der Waals surface area contributed by atoms with Crippen molar-refractivity contribution < 1.29 is 19.4 Å². The van der Waals surface area contributed by atoms with Crippen molar-refractivity contribution in [1.29, 1.82) is 0 Å². The summed E-state index contributed by atoms with van der Waals surface area (Å²) in [5.41, 5.74) is -0.127. The molecule has 0 amide bonds. The van der Waals surface area contributed by atoms with Crippen molar-refractivity contribution in [3.63, 3.8) is 0 Å². The first-order valence-electron chi connectivity index (χ1n) is 5.42. The van der Waals surface area contributed by atoms with E-state index >= 15 is 0 Å². The fraction of sp³-hybridized carbons (Fsp3) is 0.0909. The Morgan fingerprint density at radius 3 is 2.50 bits per heavy atom. The maximum absolute atomic E-state index is 10.8. The summed E-state index contributed by atoms with van der Waals surface area (Å²) in [5, 5.41) is 33.2. The molecule has 9 heteroatoms. The predicted octanol–water partition coefficient (Wildman–Crippen LogP) is 2.41. The largest absolute Gasteiger partial charge is 0.508 e. The smallest absolute Gasteiger partial charge is 0.433 e. The average Bonchev–Trinajstić information content (AvgIpc) is 2.86. The number of hydrogen-bond donors (Lipinski definition) is 2. The first-order chi connectivity index (χ1) is 9.47. The van der Waals surface area contributed by atoms with Crippen LogP contribution in [0.3, 0.4) is 0 Å². The summed E-state index contributed by atoms with van der Waals surface area (Å²) in [7, 11) is 0. The average molecular weight is 279 g/mol. The summed E-state index contributed by atoms with van der Waals surface area (Å²) >= 11 is 0. The molecule has 9 nitrogen and oxygen atoms in total. The van der Waals surface area contributed by atoms with Crippen molar-refractivity contribution >= 4 is 17.3 Å². The Kier molecular flexibility index (Phi) is 3.51. The third-order valence-corrected chi connectivity index (χ3v) is 2.46. The minimum Gasteiger partial charge on any atom is -0.508 e. The molecule has 2 aromatic rings. The van der Waals surface area contributed by atoms with Gasteiger partial charge in [0.1, 0.15) is 22.1 Å². The van der Waals surface area contributed by atoms with Crippen LogP contribution in [0, 0.1) is 20.2 Å². The lowest BCUT2D eigenvalue weighted by atomic mass is 10.2. The normalized spacial score (nSPS) is 10.2. The minimum atomic E-state index is -0.674. The van der Waals surface area contributed by atoms with E-state index in [1.54, 1.807) is 0 Å². The Bertz CT molecular complexity index is 666. The number of nitrogens with zero attached hydrogens (tertiary/aromatic N) is 2. The SMILES string of the molecule is O=[N+]([O-])c1ccc(CNc2ccc(O)cc2[N+](=O)[O-])o1. The van der Waals surface area contributed by atoms with Gasteiger partial charge in [0, 0.05) is 0 Å². The van der Waals surface area contributed by atoms with Gasteiger partial charge in [-0.25, -0.2) is 0 Å². The zero-order valence-corrected chi connectivity index (χ0v) is 9.98. The third-order valence-electron chi connectivity index (χ3n) is 2.46. The van der Waals surface area contributed by atoms with Gasteiger partial charge in [-0.2, -0.15) is 0 Å². The van der Waals surface area contributed by atoms with E-state index in [4.69, 9.17) is 4.42 Å². The maximum atomic E-state index is 10.8. The van der Waals surface area contributed by atoms with Gasteiger partial charge < -0.3 is 14.8 Å².